The number of halogens is 1. The van der Waals surface area contributed by atoms with Gasteiger partial charge in [0.25, 0.3) is 0 Å². The number of hydrogen-bond acceptors (Lipinski definition) is 4. The zero-order chi connectivity index (χ0) is 14.0. The van der Waals surface area contributed by atoms with Crippen molar-refractivity contribution in [2.45, 2.75) is 0 Å². The number of anilines is 1. The molecule has 0 radical (unpaired) electrons. The lowest BCUT2D eigenvalue weighted by atomic mass is 10.1. The van der Waals surface area contributed by atoms with Crippen molar-refractivity contribution in [3.63, 3.8) is 0 Å². The number of nitrogens with one attached hydrogen (secondary N) is 3. The predicted octanol–water partition coefficient (Wildman–Crippen LogP) is -0.254. The molecule has 0 atom stereocenters. The fourth-order valence-electron chi connectivity index (χ4n) is 1.52. The van der Waals surface area contributed by atoms with Gasteiger partial charge in [-0.05, 0) is 12.1 Å². The van der Waals surface area contributed by atoms with E-state index in [1.165, 1.54) is 18.2 Å². The minimum atomic E-state index is -1.74. The Kier molecular flexibility index (Phi) is 3.23. The summed E-state index contributed by atoms with van der Waals surface area (Å²) in [5.41, 5.74) is -0.162. The maximum atomic E-state index is 13.3. The number of amides is 5. The SMILES string of the molecule is O=C1NC(=O)C(C(=O)Nc2ccccc2F)C(=O)N1. The highest BCUT2D eigenvalue weighted by Gasteiger charge is 2.40. The van der Waals surface area contributed by atoms with Crippen molar-refractivity contribution < 1.29 is 23.6 Å². The van der Waals surface area contributed by atoms with E-state index in [2.05, 4.69) is 5.32 Å². The molecule has 0 saturated carbocycles. The van der Waals surface area contributed by atoms with Crippen molar-refractivity contribution in [2.24, 2.45) is 5.92 Å². The average molecular weight is 265 g/mol. The Morgan fingerprint density at radius 1 is 1.11 bits per heavy atom. The molecule has 0 aliphatic carbocycles. The van der Waals surface area contributed by atoms with Crippen LogP contribution >= 0.6 is 0 Å². The van der Waals surface area contributed by atoms with Gasteiger partial charge in [-0.1, -0.05) is 12.1 Å². The van der Waals surface area contributed by atoms with Gasteiger partial charge in [0.05, 0.1) is 5.69 Å². The van der Waals surface area contributed by atoms with Crippen molar-refractivity contribution in [1.82, 2.24) is 10.6 Å². The van der Waals surface area contributed by atoms with Gasteiger partial charge in [-0.3, -0.25) is 25.0 Å². The fourth-order valence-corrected chi connectivity index (χ4v) is 1.52. The second-order valence-electron chi connectivity index (χ2n) is 3.71. The molecule has 3 N–H and O–H groups in total. The normalized spacial score (nSPS) is 15.7. The molecule has 1 aliphatic rings. The van der Waals surface area contributed by atoms with Crippen LogP contribution in [-0.4, -0.2) is 23.8 Å². The van der Waals surface area contributed by atoms with Crippen molar-refractivity contribution in [1.29, 1.82) is 0 Å². The number of carbonyl (C=O) groups excluding carboxylic acids is 4. The van der Waals surface area contributed by atoms with E-state index in [4.69, 9.17) is 0 Å². The van der Waals surface area contributed by atoms with Gasteiger partial charge >= 0.3 is 6.03 Å². The van der Waals surface area contributed by atoms with E-state index in [0.29, 0.717) is 0 Å². The van der Waals surface area contributed by atoms with Crippen LogP contribution in [0.25, 0.3) is 0 Å². The lowest BCUT2D eigenvalue weighted by Crippen LogP contribution is -2.58. The maximum absolute atomic E-state index is 13.3. The van der Waals surface area contributed by atoms with Crippen LogP contribution in [0.5, 0.6) is 0 Å². The van der Waals surface area contributed by atoms with Gasteiger partial charge in [0, 0.05) is 0 Å². The summed E-state index contributed by atoms with van der Waals surface area (Å²) < 4.78 is 13.3. The first kappa shape index (κ1) is 12.7. The van der Waals surface area contributed by atoms with Crippen LogP contribution in [0, 0.1) is 11.7 Å². The molecule has 0 bridgehead atoms. The Labute approximate surface area is 106 Å². The first-order valence-corrected chi connectivity index (χ1v) is 5.20. The average Bonchev–Trinajstić information content (AvgIpc) is 2.30. The van der Waals surface area contributed by atoms with Crippen LogP contribution in [0.3, 0.4) is 0 Å². The van der Waals surface area contributed by atoms with Gasteiger partial charge in [-0.15, -0.1) is 0 Å². The minimum Gasteiger partial charge on any atom is -0.322 e. The summed E-state index contributed by atoms with van der Waals surface area (Å²) in [6.07, 6.45) is 0. The summed E-state index contributed by atoms with van der Waals surface area (Å²) in [5, 5.41) is 5.66. The molecule has 5 amide bonds. The largest absolute Gasteiger partial charge is 0.328 e. The topological polar surface area (TPSA) is 104 Å². The summed E-state index contributed by atoms with van der Waals surface area (Å²) in [7, 11) is 0. The van der Waals surface area contributed by atoms with Crippen LogP contribution in [-0.2, 0) is 14.4 Å². The third kappa shape index (κ3) is 2.57. The van der Waals surface area contributed by atoms with E-state index in [-0.39, 0.29) is 5.69 Å². The third-order valence-corrected chi connectivity index (χ3v) is 2.39. The van der Waals surface area contributed by atoms with Crippen LogP contribution in [0.2, 0.25) is 0 Å². The second-order valence-corrected chi connectivity index (χ2v) is 3.71. The van der Waals surface area contributed by atoms with Gasteiger partial charge in [-0.2, -0.15) is 0 Å². The van der Waals surface area contributed by atoms with E-state index in [1.807, 2.05) is 0 Å². The van der Waals surface area contributed by atoms with Crippen molar-refractivity contribution in [3.05, 3.63) is 30.1 Å². The minimum absolute atomic E-state index is 0.162. The number of barbiturate groups is 1. The summed E-state index contributed by atoms with van der Waals surface area (Å²) in [6.45, 7) is 0. The highest BCUT2D eigenvalue weighted by atomic mass is 19.1. The first-order chi connectivity index (χ1) is 8.99. The summed E-state index contributed by atoms with van der Waals surface area (Å²) in [5.74, 6) is -5.57. The molecule has 19 heavy (non-hydrogen) atoms. The maximum Gasteiger partial charge on any atom is 0.328 e. The molecule has 7 nitrogen and oxygen atoms in total. The predicted molar refractivity (Wildman–Crippen MR) is 60.2 cm³/mol. The summed E-state index contributed by atoms with van der Waals surface area (Å²) >= 11 is 0. The number of imide groups is 2. The smallest absolute Gasteiger partial charge is 0.322 e. The van der Waals surface area contributed by atoms with Crippen LogP contribution < -0.4 is 16.0 Å². The first-order valence-electron chi connectivity index (χ1n) is 5.20. The van der Waals surface area contributed by atoms with Crippen molar-refractivity contribution in [2.75, 3.05) is 5.32 Å². The summed E-state index contributed by atoms with van der Waals surface area (Å²) in [4.78, 5) is 45.3. The molecule has 2 rings (SSSR count). The molecule has 98 valence electrons. The number of hydrogen-bond donors (Lipinski definition) is 3. The Morgan fingerprint density at radius 2 is 1.68 bits per heavy atom. The molecule has 1 aliphatic heterocycles. The Hall–Kier alpha value is -2.77. The Bertz CT molecular complexity index is 567. The van der Waals surface area contributed by atoms with Crippen molar-refractivity contribution >= 4 is 29.4 Å². The molecule has 0 aromatic heterocycles. The van der Waals surface area contributed by atoms with E-state index in [1.54, 1.807) is 10.6 Å². The number of para-hydroxylation sites is 1. The quantitative estimate of drug-likeness (QED) is 0.641. The monoisotopic (exact) mass is 265 g/mol. The van der Waals surface area contributed by atoms with Gasteiger partial charge in [-0.25, -0.2) is 9.18 Å². The molecule has 8 heteroatoms. The molecule has 1 heterocycles. The highest BCUT2D eigenvalue weighted by molar-refractivity contribution is 6.28. The van der Waals surface area contributed by atoms with Gasteiger partial charge < -0.3 is 5.32 Å². The van der Waals surface area contributed by atoms with Crippen molar-refractivity contribution in [3.8, 4) is 0 Å². The van der Waals surface area contributed by atoms with Gasteiger partial charge in [0.1, 0.15) is 5.82 Å². The van der Waals surface area contributed by atoms with Gasteiger partial charge in [0.15, 0.2) is 5.92 Å². The fraction of sp³-hybridized carbons (Fsp3) is 0.0909. The molecule has 1 aromatic carbocycles. The second kappa shape index (κ2) is 4.84. The van der Waals surface area contributed by atoms with Gasteiger partial charge in [0.2, 0.25) is 17.7 Å². The Morgan fingerprint density at radius 3 is 2.26 bits per heavy atom. The molecule has 1 saturated heterocycles. The molecular formula is C11H8FN3O4. The van der Waals surface area contributed by atoms with E-state index in [0.717, 1.165) is 6.07 Å². The zero-order valence-corrected chi connectivity index (χ0v) is 9.40. The Balaban J connectivity index is 2.16. The lowest BCUT2D eigenvalue weighted by molar-refractivity contribution is -0.141. The van der Waals surface area contributed by atoms with Crippen LogP contribution in [0.1, 0.15) is 0 Å². The number of urea groups is 1. The zero-order valence-electron chi connectivity index (χ0n) is 9.40. The highest BCUT2D eigenvalue weighted by Crippen LogP contribution is 2.14. The number of rotatable bonds is 2. The van der Waals surface area contributed by atoms with E-state index >= 15 is 0 Å². The molecule has 1 aromatic rings. The lowest BCUT2D eigenvalue weighted by Gasteiger charge is -2.19. The van der Waals surface area contributed by atoms with Crippen LogP contribution in [0.4, 0.5) is 14.9 Å². The number of benzene rings is 1. The third-order valence-electron chi connectivity index (χ3n) is 2.39. The molecule has 0 unspecified atom stereocenters. The number of carbonyl (C=O) groups is 4. The van der Waals surface area contributed by atoms with Crippen LogP contribution in [0.15, 0.2) is 24.3 Å². The summed E-state index contributed by atoms with van der Waals surface area (Å²) in [6, 6.07) is 4.29. The van der Waals surface area contributed by atoms with E-state index in [9.17, 15) is 23.6 Å². The standard InChI is InChI=1S/C11H8FN3O4/c12-5-3-1-2-4-6(5)13-8(16)7-9(17)14-11(19)15-10(7)18/h1-4,7H,(H,13,16)(H2,14,15,17,18,19). The van der Waals surface area contributed by atoms with E-state index < -0.39 is 35.5 Å². The molecule has 0 spiro atoms. The molecular weight excluding hydrogens is 257 g/mol. The molecule has 1 fully saturated rings.